The maximum Gasteiger partial charge on any atom is 0.118 e. The molecule has 3 heteroatoms. The van der Waals surface area contributed by atoms with Crippen molar-refractivity contribution in [2.24, 2.45) is 5.92 Å². The molecule has 0 saturated carbocycles. The molecule has 1 heterocycles. The third kappa shape index (κ3) is 3.47. The second-order valence-corrected chi connectivity index (χ2v) is 4.84. The second kappa shape index (κ2) is 6.76. The molecule has 2 unspecified atom stereocenters. The Bertz CT molecular complexity index is 348. The fourth-order valence-corrected chi connectivity index (χ4v) is 2.59. The minimum absolute atomic E-state index is 0.576. The summed E-state index contributed by atoms with van der Waals surface area (Å²) in [7, 11) is 1.70. The van der Waals surface area contributed by atoms with Gasteiger partial charge in [0.25, 0.3) is 0 Å². The molecule has 18 heavy (non-hydrogen) atoms. The van der Waals surface area contributed by atoms with Crippen LogP contribution in [0.4, 0.5) is 0 Å². The summed E-state index contributed by atoms with van der Waals surface area (Å²) in [6.07, 6.45) is 2.19. The first-order chi connectivity index (χ1) is 8.83. The predicted molar refractivity (Wildman–Crippen MR) is 73.1 cm³/mol. The van der Waals surface area contributed by atoms with Gasteiger partial charge in [0.15, 0.2) is 0 Å². The van der Waals surface area contributed by atoms with Gasteiger partial charge in [-0.3, -0.25) is 0 Å². The molecule has 3 nitrogen and oxygen atoms in total. The van der Waals surface area contributed by atoms with Crippen LogP contribution >= 0.6 is 0 Å². The molecule has 1 aliphatic heterocycles. The fraction of sp³-hybridized carbons (Fsp3) is 0.600. The Hall–Kier alpha value is -1.06. The molecule has 100 valence electrons. The number of benzene rings is 1. The molecule has 1 saturated heterocycles. The molecule has 0 aromatic heterocycles. The highest BCUT2D eigenvalue weighted by atomic mass is 16.5. The quantitative estimate of drug-likeness (QED) is 0.868. The van der Waals surface area contributed by atoms with Gasteiger partial charge in [-0.05, 0) is 37.1 Å². The predicted octanol–water partition coefficient (Wildman–Crippen LogP) is 2.25. The molecule has 0 aliphatic carbocycles. The fourth-order valence-electron chi connectivity index (χ4n) is 2.59. The third-order valence-corrected chi connectivity index (χ3v) is 3.60. The van der Waals surface area contributed by atoms with Gasteiger partial charge in [0.2, 0.25) is 0 Å². The average Bonchev–Trinajstić information content (AvgIpc) is 2.42. The van der Waals surface area contributed by atoms with E-state index in [1.165, 1.54) is 5.56 Å². The van der Waals surface area contributed by atoms with Gasteiger partial charge < -0.3 is 14.8 Å². The SMILES string of the molecule is CCNC1CCOCC1Cc1ccc(OC)cc1. The summed E-state index contributed by atoms with van der Waals surface area (Å²) in [5, 5.41) is 3.57. The van der Waals surface area contributed by atoms with Gasteiger partial charge in [-0.1, -0.05) is 19.1 Å². The average molecular weight is 249 g/mol. The monoisotopic (exact) mass is 249 g/mol. The smallest absolute Gasteiger partial charge is 0.118 e. The topological polar surface area (TPSA) is 30.5 Å². The van der Waals surface area contributed by atoms with Crippen LogP contribution in [0.15, 0.2) is 24.3 Å². The van der Waals surface area contributed by atoms with Crippen LogP contribution in [0.25, 0.3) is 0 Å². The van der Waals surface area contributed by atoms with Crippen LogP contribution in [0, 0.1) is 5.92 Å². The Morgan fingerprint density at radius 3 is 2.78 bits per heavy atom. The minimum atomic E-state index is 0.576. The maximum absolute atomic E-state index is 5.61. The van der Waals surface area contributed by atoms with Gasteiger partial charge in [0.05, 0.1) is 13.7 Å². The van der Waals surface area contributed by atoms with Gasteiger partial charge in [-0.15, -0.1) is 0 Å². The van der Waals surface area contributed by atoms with Crippen molar-refractivity contribution in [3.8, 4) is 5.75 Å². The molecule has 2 atom stereocenters. The van der Waals surface area contributed by atoms with Gasteiger partial charge in [-0.2, -0.15) is 0 Å². The summed E-state index contributed by atoms with van der Waals surface area (Å²) < 4.78 is 10.8. The van der Waals surface area contributed by atoms with Gasteiger partial charge in [-0.25, -0.2) is 0 Å². The summed E-state index contributed by atoms with van der Waals surface area (Å²) in [5.41, 5.74) is 1.36. The number of hydrogen-bond donors (Lipinski definition) is 1. The lowest BCUT2D eigenvalue weighted by molar-refractivity contribution is 0.0327. The second-order valence-electron chi connectivity index (χ2n) is 4.84. The van der Waals surface area contributed by atoms with Gasteiger partial charge in [0, 0.05) is 18.6 Å². The van der Waals surface area contributed by atoms with Crippen molar-refractivity contribution in [2.45, 2.75) is 25.8 Å². The lowest BCUT2D eigenvalue weighted by Crippen LogP contribution is -2.43. The zero-order valence-corrected chi connectivity index (χ0v) is 11.3. The van der Waals surface area contributed by atoms with E-state index in [-0.39, 0.29) is 0 Å². The molecule has 1 aromatic rings. The first-order valence-corrected chi connectivity index (χ1v) is 6.77. The number of hydrogen-bond acceptors (Lipinski definition) is 3. The molecule has 0 spiro atoms. The van der Waals surface area contributed by atoms with Crippen LogP contribution in [-0.2, 0) is 11.2 Å². The molecule has 0 bridgehead atoms. The Balaban J connectivity index is 1.96. The highest BCUT2D eigenvalue weighted by Gasteiger charge is 2.24. The zero-order valence-electron chi connectivity index (χ0n) is 11.3. The summed E-state index contributed by atoms with van der Waals surface area (Å²) >= 11 is 0. The summed E-state index contributed by atoms with van der Waals surface area (Å²) in [4.78, 5) is 0. The molecule has 0 radical (unpaired) electrons. The van der Waals surface area contributed by atoms with E-state index in [0.717, 1.165) is 38.3 Å². The van der Waals surface area contributed by atoms with Crippen LogP contribution < -0.4 is 10.1 Å². The maximum atomic E-state index is 5.61. The third-order valence-electron chi connectivity index (χ3n) is 3.60. The van der Waals surface area contributed by atoms with Crippen LogP contribution in [0.3, 0.4) is 0 Å². The van der Waals surface area contributed by atoms with E-state index in [1.807, 2.05) is 12.1 Å². The minimum Gasteiger partial charge on any atom is -0.497 e. The highest BCUT2D eigenvalue weighted by Crippen LogP contribution is 2.21. The van der Waals surface area contributed by atoms with E-state index >= 15 is 0 Å². The van der Waals surface area contributed by atoms with Crippen molar-refractivity contribution in [3.63, 3.8) is 0 Å². The summed E-state index contributed by atoms with van der Waals surface area (Å²) in [6.45, 7) is 4.95. The lowest BCUT2D eigenvalue weighted by Gasteiger charge is -2.32. The first-order valence-electron chi connectivity index (χ1n) is 6.77. The molecule has 1 aromatic carbocycles. The van der Waals surface area contributed by atoms with E-state index in [2.05, 4.69) is 24.4 Å². The number of rotatable bonds is 5. The molecule has 1 fully saturated rings. The van der Waals surface area contributed by atoms with Crippen LogP contribution in [-0.4, -0.2) is 32.9 Å². The Kier molecular flexibility index (Phi) is 5.02. The van der Waals surface area contributed by atoms with Gasteiger partial charge >= 0.3 is 0 Å². The van der Waals surface area contributed by atoms with Crippen LogP contribution in [0.2, 0.25) is 0 Å². The van der Waals surface area contributed by atoms with E-state index in [1.54, 1.807) is 7.11 Å². The van der Waals surface area contributed by atoms with Crippen molar-refractivity contribution in [3.05, 3.63) is 29.8 Å². The largest absolute Gasteiger partial charge is 0.497 e. The van der Waals surface area contributed by atoms with Crippen molar-refractivity contribution in [1.82, 2.24) is 5.32 Å². The van der Waals surface area contributed by atoms with Crippen LogP contribution in [0.5, 0.6) is 5.75 Å². The normalized spacial score (nSPS) is 23.9. The number of nitrogens with one attached hydrogen (secondary N) is 1. The van der Waals surface area contributed by atoms with E-state index in [9.17, 15) is 0 Å². The molecule has 0 amide bonds. The van der Waals surface area contributed by atoms with Crippen molar-refractivity contribution in [2.75, 3.05) is 26.9 Å². The summed E-state index contributed by atoms with van der Waals surface area (Å²) in [5.74, 6) is 1.49. The molecule has 2 rings (SSSR count). The molecular weight excluding hydrogens is 226 g/mol. The number of ether oxygens (including phenoxy) is 2. The van der Waals surface area contributed by atoms with Crippen molar-refractivity contribution in [1.29, 1.82) is 0 Å². The summed E-state index contributed by atoms with van der Waals surface area (Å²) in [6, 6.07) is 8.95. The van der Waals surface area contributed by atoms with E-state index in [4.69, 9.17) is 9.47 Å². The van der Waals surface area contributed by atoms with E-state index < -0.39 is 0 Å². The van der Waals surface area contributed by atoms with E-state index in [0.29, 0.717) is 12.0 Å². The Morgan fingerprint density at radius 1 is 1.33 bits per heavy atom. The van der Waals surface area contributed by atoms with Crippen molar-refractivity contribution < 1.29 is 9.47 Å². The molecule has 1 N–H and O–H groups in total. The van der Waals surface area contributed by atoms with Gasteiger partial charge in [0.1, 0.15) is 5.75 Å². The highest BCUT2D eigenvalue weighted by molar-refractivity contribution is 5.27. The van der Waals surface area contributed by atoms with Crippen molar-refractivity contribution >= 4 is 0 Å². The Labute approximate surface area is 109 Å². The number of methoxy groups -OCH3 is 1. The zero-order chi connectivity index (χ0) is 12.8. The lowest BCUT2D eigenvalue weighted by atomic mass is 9.89. The van der Waals surface area contributed by atoms with Crippen LogP contribution in [0.1, 0.15) is 18.9 Å². The molecular formula is C15H23NO2. The standard InChI is InChI=1S/C15H23NO2/c1-3-16-15-8-9-18-11-13(15)10-12-4-6-14(17-2)7-5-12/h4-7,13,15-16H,3,8-11H2,1-2H3. The Morgan fingerprint density at radius 2 is 2.11 bits per heavy atom. The molecule has 1 aliphatic rings. The first kappa shape index (κ1) is 13.4.